The molecule has 0 aliphatic carbocycles. The average Bonchev–Trinajstić information content (AvgIpc) is 2.29. The number of carbonyl (C=O) groups is 2. The largest absolute Gasteiger partial charge is 0.450 e. The third-order valence-corrected chi connectivity index (χ3v) is 2.65. The summed E-state index contributed by atoms with van der Waals surface area (Å²) in [5.74, 6) is -0.376. The molecule has 18 heavy (non-hydrogen) atoms. The molecule has 0 saturated carbocycles. The van der Waals surface area contributed by atoms with E-state index < -0.39 is 6.09 Å². The normalized spacial score (nSPS) is 22.3. The highest BCUT2D eigenvalue weighted by molar-refractivity contribution is 5.92. The fraction of sp³-hybridized carbons (Fsp3) is 0.818. The van der Waals surface area contributed by atoms with Gasteiger partial charge in [-0.25, -0.2) is 4.79 Å². The summed E-state index contributed by atoms with van der Waals surface area (Å²) in [5.41, 5.74) is 5.75. The third-order valence-electron chi connectivity index (χ3n) is 2.65. The van der Waals surface area contributed by atoms with E-state index in [1.807, 2.05) is 11.8 Å². The molecule has 7 heteroatoms. The van der Waals surface area contributed by atoms with E-state index in [1.54, 1.807) is 6.92 Å². The molecule has 0 spiro atoms. The summed E-state index contributed by atoms with van der Waals surface area (Å²) in [6.45, 7) is 5.72. The van der Waals surface area contributed by atoms with Crippen molar-refractivity contribution in [3.8, 4) is 0 Å². The summed E-state index contributed by atoms with van der Waals surface area (Å²) in [6.07, 6.45) is -0.784. The predicted molar refractivity (Wildman–Crippen MR) is 65.0 cm³/mol. The molecule has 1 heterocycles. The molecular weight excluding hydrogens is 238 g/mol. The van der Waals surface area contributed by atoms with E-state index in [4.69, 9.17) is 10.5 Å². The molecule has 7 nitrogen and oxygen atoms in total. The van der Waals surface area contributed by atoms with Crippen molar-refractivity contribution in [3.63, 3.8) is 0 Å². The van der Waals surface area contributed by atoms with Crippen LogP contribution in [0.2, 0.25) is 0 Å². The van der Waals surface area contributed by atoms with E-state index in [1.165, 1.54) is 0 Å². The maximum atomic E-state index is 11.5. The van der Waals surface area contributed by atoms with Crippen molar-refractivity contribution in [1.29, 1.82) is 0 Å². The van der Waals surface area contributed by atoms with Gasteiger partial charge in [-0.1, -0.05) is 0 Å². The van der Waals surface area contributed by atoms with Gasteiger partial charge in [-0.05, 0) is 13.8 Å². The molecular formula is C11H21N3O4. The zero-order chi connectivity index (χ0) is 13.5. The first-order chi connectivity index (χ1) is 8.52. The second kappa shape index (κ2) is 7.30. The van der Waals surface area contributed by atoms with Crippen LogP contribution in [0, 0.1) is 0 Å². The molecule has 0 bridgehead atoms. The standard InChI is InChI=1S/C11H21N3O4/c1-3-17-11(16)13-10(15)7-14-4-5-18-9(6-14)8(2)12/h8-9H,3-7,12H2,1-2H3,(H,13,15,16). The fourth-order valence-corrected chi connectivity index (χ4v) is 1.72. The first kappa shape index (κ1) is 14.9. The summed E-state index contributed by atoms with van der Waals surface area (Å²) in [7, 11) is 0. The third kappa shape index (κ3) is 4.99. The van der Waals surface area contributed by atoms with E-state index in [-0.39, 0.29) is 31.2 Å². The maximum absolute atomic E-state index is 11.5. The number of alkyl carbamates (subject to hydrolysis) is 1. The lowest BCUT2D eigenvalue weighted by atomic mass is 10.1. The number of amides is 2. The smallest absolute Gasteiger partial charge is 0.413 e. The van der Waals surface area contributed by atoms with Crippen molar-refractivity contribution in [2.45, 2.75) is 26.0 Å². The lowest BCUT2D eigenvalue weighted by Gasteiger charge is -2.34. The molecule has 0 aromatic heterocycles. The molecule has 0 aromatic rings. The van der Waals surface area contributed by atoms with Crippen LogP contribution in [-0.4, -0.2) is 61.9 Å². The van der Waals surface area contributed by atoms with Gasteiger partial charge in [-0.2, -0.15) is 0 Å². The number of rotatable bonds is 4. The number of morpholine rings is 1. The maximum Gasteiger partial charge on any atom is 0.413 e. The molecule has 2 atom stereocenters. The first-order valence-electron chi connectivity index (χ1n) is 6.09. The zero-order valence-corrected chi connectivity index (χ0v) is 10.8. The number of ether oxygens (including phenoxy) is 2. The molecule has 2 unspecified atom stereocenters. The van der Waals surface area contributed by atoms with Crippen LogP contribution >= 0.6 is 0 Å². The predicted octanol–water partition coefficient (Wildman–Crippen LogP) is -0.693. The van der Waals surface area contributed by atoms with E-state index >= 15 is 0 Å². The topological polar surface area (TPSA) is 93.9 Å². The minimum absolute atomic E-state index is 0.0749. The lowest BCUT2D eigenvalue weighted by Crippen LogP contribution is -2.52. The number of carbonyl (C=O) groups excluding carboxylic acids is 2. The highest BCUT2D eigenvalue weighted by Crippen LogP contribution is 2.07. The molecule has 104 valence electrons. The minimum Gasteiger partial charge on any atom is -0.450 e. The molecule has 1 saturated heterocycles. The Bertz CT molecular complexity index is 296. The molecule has 1 aliphatic heterocycles. The highest BCUT2D eigenvalue weighted by Gasteiger charge is 2.25. The average molecular weight is 259 g/mol. The second-order valence-corrected chi connectivity index (χ2v) is 4.27. The van der Waals surface area contributed by atoms with Gasteiger partial charge in [0.15, 0.2) is 0 Å². The molecule has 2 amide bonds. The van der Waals surface area contributed by atoms with Gasteiger partial charge in [0.25, 0.3) is 0 Å². The SMILES string of the molecule is CCOC(=O)NC(=O)CN1CCOC(C(C)N)C1. The Morgan fingerprint density at radius 3 is 2.94 bits per heavy atom. The van der Waals surface area contributed by atoms with Gasteiger partial charge < -0.3 is 15.2 Å². The van der Waals surface area contributed by atoms with Crippen molar-refractivity contribution in [1.82, 2.24) is 10.2 Å². The number of hydrogen-bond acceptors (Lipinski definition) is 6. The van der Waals surface area contributed by atoms with Gasteiger partial charge in [0.05, 0.1) is 25.9 Å². The Balaban J connectivity index is 2.33. The number of nitrogens with zero attached hydrogens (tertiary/aromatic N) is 1. The van der Waals surface area contributed by atoms with Gasteiger partial charge in [-0.15, -0.1) is 0 Å². The van der Waals surface area contributed by atoms with Crippen LogP contribution in [0.5, 0.6) is 0 Å². The Kier molecular flexibility index (Phi) is 6.03. The quantitative estimate of drug-likeness (QED) is 0.694. The molecule has 1 fully saturated rings. The van der Waals surface area contributed by atoms with Crippen LogP contribution in [0.3, 0.4) is 0 Å². The van der Waals surface area contributed by atoms with Crippen molar-refractivity contribution in [2.24, 2.45) is 5.73 Å². The van der Waals surface area contributed by atoms with E-state index in [0.29, 0.717) is 19.7 Å². The Morgan fingerprint density at radius 2 is 2.33 bits per heavy atom. The molecule has 3 N–H and O–H groups in total. The highest BCUT2D eigenvalue weighted by atomic mass is 16.5. The summed E-state index contributed by atoms with van der Waals surface area (Å²) in [4.78, 5) is 24.5. The molecule has 0 aromatic carbocycles. The van der Waals surface area contributed by atoms with Gasteiger partial charge in [0.1, 0.15) is 0 Å². The van der Waals surface area contributed by atoms with Crippen molar-refractivity contribution >= 4 is 12.0 Å². The van der Waals surface area contributed by atoms with Crippen LogP contribution < -0.4 is 11.1 Å². The molecule has 0 radical (unpaired) electrons. The summed E-state index contributed by atoms with van der Waals surface area (Å²) in [5, 5.41) is 2.16. The van der Waals surface area contributed by atoms with E-state index in [0.717, 1.165) is 0 Å². The van der Waals surface area contributed by atoms with Crippen LogP contribution in [0.1, 0.15) is 13.8 Å². The first-order valence-corrected chi connectivity index (χ1v) is 6.09. The summed E-state index contributed by atoms with van der Waals surface area (Å²) >= 11 is 0. The van der Waals surface area contributed by atoms with Crippen LogP contribution in [-0.2, 0) is 14.3 Å². The Labute approximate surface area is 107 Å². The van der Waals surface area contributed by atoms with Crippen LogP contribution in [0.25, 0.3) is 0 Å². The number of nitrogens with two attached hydrogens (primary N) is 1. The van der Waals surface area contributed by atoms with Crippen molar-refractivity contribution < 1.29 is 19.1 Å². The number of hydrogen-bond donors (Lipinski definition) is 2. The number of nitrogens with one attached hydrogen (secondary N) is 1. The molecule has 1 rings (SSSR count). The molecule has 1 aliphatic rings. The van der Waals surface area contributed by atoms with Crippen LogP contribution in [0.15, 0.2) is 0 Å². The fourth-order valence-electron chi connectivity index (χ4n) is 1.72. The summed E-state index contributed by atoms with van der Waals surface area (Å²) in [6, 6.07) is -0.0825. The monoisotopic (exact) mass is 259 g/mol. The van der Waals surface area contributed by atoms with Crippen LogP contribution in [0.4, 0.5) is 4.79 Å². The van der Waals surface area contributed by atoms with E-state index in [2.05, 4.69) is 10.1 Å². The van der Waals surface area contributed by atoms with Crippen molar-refractivity contribution in [3.05, 3.63) is 0 Å². The summed E-state index contributed by atoms with van der Waals surface area (Å²) < 4.78 is 10.1. The van der Waals surface area contributed by atoms with Crippen molar-refractivity contribution in [2.75, 3.05) is 32.8 Å². The van der Waals surface area contributed by atoms with Gasteiger partial charge in [0.2, 0.25) is 5.91 Å². The Hall–Kier alpha value is -1.18. The lowest BCUT2D eigenvalue weighted by molar-refractivity contribution is -0.123. The second-order valence-electron chi connectivity index (χ2n) is 4.27. The van der Waals surface area contributed by atoms with E-state index in [9.17, 15) is 9.59 Å². The van der Waals surface area contributed by atoms with Gasteiger partial charge in [0, 0.05) is 19.1 Å². The Morgan fingerprint density at radius 1 is 1.61 bits per heavy atom. The number of imide groups is 1. The van der Waals surface area contributed by atoms with Gasteiger partial charge >= 0.3 is 6.09 Å². The minimum atomic E-state index is -0.709. The zero-order valence-electron chi connectivity index (χ0n) is 10.8. The van der Waals surface area contributed by atoms with Gasteiger partial charge in [-0.3, -0.25) is 15.0 Å².